The maximum absolute atomic E-state index is 15.0. The molecule has 15 heteroatoms. The van der Waals surface area contributed by atoms with E-state index in [9.17, 15) is 23.2 Å². The van der Waals surface area contributed by atoms with Crippen molar-refractivity contribution in [1.29, 1.82) is 0 Å². The van der Waals surface area contributed by atoms with E-state index < -0.39 is 35.5 Å². The van der Waals surface area contributed by atoms with Gasteiger partial charge in [0.2, 0.25) is 0 Å². The number of hydrogen-bond acceptors (Lipinski definition) is 8. The Balaban J connectivity index is 1.62. The number of pyridine rings is 1. The number of carbonyl (C=O) groups excluding carboxylic acids is 1. The van der Waals surface area contributed by atoms with E-state index in [4.69, 9.17) is 0 Å². The molecular formula is C32H28F2N8O4S. The average Bonchev–Trinajstić information content (AvgIpc) is 3.70. The van der Waals surface area contributed by atoms with Crippen LogP contribution in [-0.4, -0.2) is 56.0 Å². The van der Waals surface area contributed by atoms with Crippen LogP contribution < -0.4 is 22.0 Å². The van der Waals surface area contributed by atoms with Crippen molar-refractivity contribution in [1.82, 2.24) is 34.3 Å². The number of nitrogens with one attached hydrogen (secondary N) is 2. The summed E-state index contributed by atoms with van der Waals surface area (Å²) in [5, 5.41) is 7.03. The summed E-state index contributed by atoms with van der Waals surface area (Å²) in [5.41, 5.74) is 2.19. The quantitative estimate of drug-likeness (QED) is 0.219. The van der Waals surface area contributed by atoms with Gasteiger partial charge >= 0.3 is 11.7 Å². The third-order valence-electron chi connectivity index (χ3n) is 7.21. The molecule has 0 aliphatic heterocycles. The summed E-state index contributed by atoms with van der Waals surface area (Å²) in [6, 6.07) is 16.3. The van der Waals surface area contributed by atoms with Crippen LogP contribution in [0.3, 0.4) is 0 Å². The van der Waals surface area contributed by atoms with Crippen LogP contribution in [0.2, 0.25) is 0 Å². The van der Waals surface area contributed by atoms with Gasteiger partial charge in [-0.05, 0) is 67.7 Å². The van der Waals surface area contributed by atoms with Gasteiger partial charge in [-0.1, -0.05) is 24.3 Å². The van der Waals surface area contributed by atoms with Gasteiger partial charge < -0.3 is 10.2 Å². The Morgan fingerprint density at radius 3 is 2.32 bits per heavy atom. The first-order chi connectivity index (χ1) is 22.7. The SMILES string of the molecule is CONC(=O)Nc1ccc(-c2sc3c(c2CN(C)C)c(=O)n(-c2cccc(-n4cccn4)n2)c(=O)n3Cc2c(F)cccc2F)cc1. The van der Waals surface area contributed by atoms with E-state index in [1.165, 1.54) is 28.5 Å². The number of hydroxylamine groups is 1. The lowest BCUT2D eigenvalue weighted by Gasteiger charge is -2.15. The van der Waals surface area contributed by atoms with Gasteiger partial charge in [0.05, 0.1) is 19.0 Å². The highest BCUT2D eigenvalue weighted by Gasteiger charge is 2.26. The maximum Gasteiger partial charge on any atom is 0.343 e. The molecule has 6 rings (SSSR count). The molecule has 4 heterocycles. The summed E-state index contributed by atoms with van der Waals surface area (Å²) >= 11 is 1.16. The van der Waals surface area contributed by atoms with Crippen LogP contribution in [0.25, 0.3) is 32.3 Å². The Kier molecular flexibility index (Phi) is 8.76. The zero-order valence-corrected chi connectivity index (χ0v) is 26.2. The molecule has 0 fully saturated rings. The minimum atomic E-state index is -0.826. The Hall–Kier alpha value is -5.51. The fourth-order valence-corrected chi connectivity index (χ4v) is 6.48. The molecule has 0 aliphatic carbocycles. The minimum Gasteiger partial charge on any atom is -0.306 e. The van der Waals surface area contributed by atoms with Crippen LogP contribution in [0, 0.1) is 11.6 Å². The van der Waals surface area contributed by atoms with E-state index in [1.54, 1.807) is 54.9 Å². The zero-order valence-electron chi connectivity index (χ0n) is 25.4. The Morgan fingerprint density at radius 2 is 1.66 bits per heavy atom. The highest BCUT2D eigenvalue weighted by Crippen LogP contribution is 2.38. The van der Waals surface area contributed by atoms with Gasteiger partial charge in [-0.15, -0.1) is 11.3 Å². The number of carbonyl (C=O) groups is 1. The fraction of sp³-hybridized carbons (Fsp3) is 0.156. The van der Waals surface area contributed by atoms with Crippen molar-refractivity contribution >= 4 is 33.3 Å². The van der Waals surface area contributed by atoms with Crippen LogP contribution in [0.4, 0.5) is 19.3 Å². The van der Waals surface area contributed by atoms with Crippen LogP contribution in [0.1, 0.15) is 11.1 Å². The number of anilines is 1. The lowest BCUT2D eigenvalue weighted by molar-refractivity contribution is 0.114. The number of amides is 2. The molecule has 0 aliphatic rings. The van der Waals surface area contributed by atoms with E-state index in [-0.39, 0.29) is 21.6 Å². The molecule has 0 unspecified atom stereocenters. The number of fused-ring (bicyclic) bond motifs is 1. The van der Waals surface area contributed by atoms with E-state index >= 15 is 0 Å². The summed E-state index contributed by atoms with van der Waals surface area (Å²) in [6.07, 6.45) is 3.24. The van der Waals surface area contributed by atoms with E-state index in [1.807, 2.05) is 19.0 Å². The van der Waals surface area contributed by atoms with Gasteiger partial charge in [-0.2, -0.15) is 5.10 Å². The molecular weight excluding hydrogens is 630 g/mol. The van der Waals surface area contributed by atoms with Crippen molar-refractivity contribution in [2.45, 2.75) is 13.1 Å². The maximum atomic E-state index is 15.0. The predicted molar refractivity (Wildman–Crippen MR) is 174 cm³/mol. The molecule has 0 atom stereocenters. The van der Waals surface area contributed by atoms with Gasteiger partial charge in [-0.25, -0.2) is 38.1 Å². The molecule has 2 aromatic carbocycles. The number of urea groups is 1. The minimum absolute atomic E-state index is 0.0194. The smallest absolute Gasteiger partial charge is 0.306 e. The Bertz CT molecular complexity index is 2190. The highest BCUT2D eigenvalue weighted by molar-refractivity contribution is 7.22. The third-order valence-corrected chi connectivity index (χ3v) is 8.52. The van der Waals surface area contributed by atoms with E-state index in [0.29, 0.717) is 34.1 Å². The molecule has 12 nitrogen and oxygen atoms in total. The highest BCUT2D eigenvalue weighted by atomic mass is 32.1. The number of nitrogens with zero attached hydrogens (tertiary/aromatic N) is 6. The van der Waals surface area contributed by atoms with Crippen molar-refractivity contribution in [2.75, 3.05) is 26.5 Å². The first kappa shape index (κ1) is 31.5. The van der Waals surface area contributed by atoms with Gasteiger partial charge in [0, 0.05) is 35.1 Å². The normalized spacial score (nSPS) is 11.4. The van der Waals surface area contributed by atoms with Crippen LogP contribution >= 0.6 is 11.3 Å². The third kappa shape index (κ3) is 6.18. The molecule has 0 bridgehead atoms. The molecule has 0 saturated carbocycles. The Morgan fingerprint density at radius 1 is 0.957 bits per heavy atom. The van der Waals surface area contributed by atoms with Gasteiger partial charge in [0.1, 0.15) is 22.3 Å². The van der Waals surface area contributed by atoms with Crippen molar-refractivity contribution < 1.29 is 18.4 Å². The summed E-state index contributed by atoms with van der Waals surface area (Å²) in [6.45, 7) is -0.181. The number of halogens is 2. The topological polar surface area (TPSA) is 128 Å². The summed E-state index contributed by atoms with van der Waals surface area (Å²) in [7, 11) is 5.00. The Labute approximate surface area is 270 Å². The van der Waals surface area contributed by atoms with Crippen LogP contribution in [-0.2, 0) is 17.9 Å². The van der Waals surface area contributed by atoms with E-state index in [2.05, 4.69) is 25.7 Å². The number of hydrogen-bond donors (Lipinski definition) is 2. The van der Waals surface area contributed by atoms with E-state index in [0.717, 1.165) is 28.0 Å². The molecule has 240 valence electrons. The molecule has 2 N–H and O–H groups in total. The molecule has 47 heavy (non-hydrogen) atoms. The summed E-state index contributed by atoms with van der Waals surface area (Å²) in [5.74, 6) is -1.27. The first-order valence-corrected chi connectivity index (χ1v) is 15.0. The van der Waals surface area contributed by atoms with Crippen molar-refractivity contribution in [3.63, 3.8) is 0 Å². The van der Waals surface area contributed by atoms with Gasteiger partial charge in [0.25, 0.3) is 5.56 Å². The fourth-order valence-electron chi connectivity index (χ4n) is 5.17. The average molecular weight is 659 g/mol. The van der Waals surface area contributed by atoms with Crippen LogP contribution in [0.15, 0.2) is 88.7 Å². The van der Waals surface area contributed by atoms with Crippen molar-refractivity contribution in [2.24, 2.45) is 0 Å². The van der Waals surface area contributed by atoms with Crippen molar-refractivity contribution in [3.05, 3.63) is 123 Å². The lowest BCUT2D eigenvalue weighted by atomic mass is 10.1. The monoisotopic (exact) mass is 658 g/mol. The number of rotatable bonds is 9. The largest absolute Gasteiger partial charge is 0.343 e. The van der Waals surface area contributed by atoms with Crippen molar-refractivity contribution in [3.8, 4) is 22.1 Å². The molecule has 2 amide bonds. The van der Waals surface area contributed by atoms with Gasteiger partial charge in [0.15, 0.2) is 5.82 Å². The predicted octanol–water partition coefficient (Wildman–Crippen LogP) is 4.53. The number of thiophene rings is 1. The summed E-state index contributed by atoms with van der Waals surface area (Å²) < 4.78 is 33.6. The lowest BCUT2D eigenvalue weighted by Crippen LogP contribution is -2.39. The molecule has 0 saturated heterocycles. The molecule has 4 aromatic heterocycles. The van der Waals surface area contributed by atoms with Crippen LogP contribution in [0.5, 0.6) is 0 Å². The second kappa shape index (κ2) is 13.1. The molecule has 6 aromatic rings. The zero-order chi connectivity index (χ0) is 33.2. The van der Waals surface area contributed by atoms with Gasteiger partial charge in [-0.3, -0.25) is 14.2 Å². The number of benzene rings is 2. The first-order valence-electron chi connectivity index (χ1n) is 14.2. The molecule has 0 spiro atoms. The molecule has 0 radical (unpaired) electrons. The summed E-state index contributed by atoms with van der Waals surface area (Å²) in [4.78, 5) is 52.6. The standard InChI is InChI=1S/C32H28F2N8O4S/c1-39(2)17-22-27-29(43)42(26-10-5-9-25(37-26)41-16-6-15-35-41)32(45)40(18-21-23(33)7-4-8-24(21)34)30(27)47-28(22)19-11-13-20(14-12-19)36-31(44)38-46-3/h4-16H,17-18H2,1-3H3,(H2,36,38,44). The number of aromatic nitrogens is 5. The second-order valence-electron chi connectivity index (χ2n) is 10.7. The second-order valence-corrected chi connectivity index (χ2v) is 11.7.